The van der Waals surface area contributed by atoms with E-state index in [0.717, 1.165) is 12.8 Å². The number of piperidine rings is 1. The van der Waals surface area contributed by atoms with Crippen molar-refractivity contribution in [3.63, 3.8) is 0 Å². The average molecular weight is 347 g/mol. The molecule has 2 aliphatic rings. The second kappa shape index (κ2) is 7.41. The quantitative estimate of drug-likeness (QED) is 0.760. The number of anilines is 2. The lowest BCUT2D eigenvalue weighted by Crippen LogP contribution is -2.50. The van der Waals surface area contributed by atoms with Gasteiger partial charge in [0.1, 0.15) is 0 Å². The summed E-state index contributed by atoms with van der Waals surface area (Å²) in [4.78, 5) is 26.0. The van der Waals surface area contributed by atoms with Gasteiger partial charge in [0.2, 0.25) is 5.91 Å². The van der Waals surface area contributed by atoms with E-state index in [1.807, 2.05) is 6.07 Å². The van der Waals surface area contributed by atoms with Gasteiger partial charge in [0.15, 0.2) is 0 Å². The van der Waals surface area contributed by atoms with Crippen molar-refractivity contribution >= 4 is 23.3 Å². The average Bonchev–Trinajstić information content (AvgIpc) is 3.47. The van der Waals surface area contributed by atoms with Crippen molar-refractivity contribution in [2.24, 2.45) is 5.92 Å². The van der Waals surface area contributed by atoms with E-state index in [2.05, 4.69) is 10.6 Å². The van der Waals surface area contributed by atoms with E-state index in [9.17, 15) is 14.7 Å². The molecule has 7 heteroatoms. The number of urea groups is 1. The van der Waals surface area contributed by atoms with Crippen LogP contribution in [0.15, 0.2) is 24.3 Å². The van der Waals surface area contributed by atoms with Gasteiger partial charge in [0, 0.05) is 37.5 Å². The molecule has 1 aromatic carbocycles. The van der Waals surface area contributed by atoms with Crippen LogP contribution in [0.1, 0.15) is 25.7 Å². The Labute approximate surface area is 147 Å². The van der Waals surface area contributed by atoms with Crippen LogP contribution in [0.4, 0.5) is 16.2 Å². The Bertz CT molecular complexity index is 631. The number of nitrogens with zero attached hydrogens (tertiary/aromatic N) is 1. The summed E-state index contributed by atoms with van der Waals surface area (Å²) in [6.07, 6.45) is 3.11. The molecule has 3 rings (SSSR count). The third-order valence-electron chi connectivity index (χ3n) is 5.01. The number of benzene rings is 1. The smallest absolute Gasteiger partial charge is 0.321 e. The van der Waals surface area contributed by atoms with Crippen molar-refractivity contribution in [2.45, 2.75) is 31.3 Å². The largest absolute Gasteiger partial charge is 0.393 e. The molecule has 2 fully saturated rings. The summed E-state index contributed by atoms with van der Waals surface area (Å²) in [5.74, 6) is 0.179. The Morgan fingerprint density at radius 3 is 2.44 bits per heavy atom. The lowest BCUT2D eigenvalue weighted by molar-refractivity contribution is -0.117. The fourth-order valence-electron chi connectivity index (χ4n) is 3.01. The van der Waals surface area contributed by atoms with Crippen LogP contribution < -0.4 is 10.6 Å². The molecule has 0 aromatic heterocycles. The second-order valence-corrected chi connectivity index (χ2v) is 6.81. The summed E-state index contributed by atoms with van der Waals surface area (Å²) in [5, 5.41) is 15.2. The van der Waals surface area contributed by atoms with Gasteiger partial charge in [-0.1, -0.05) is 6.07 Å². The Hall–Kier alpha value is -2.12. The number of hydrogen-bond donors (Lipinski definition) is 3. The molecular formula is C18H25N3O4. The highest BCUT2D eigenvalue weighted by Gasteiger charge is 2.35. The summed E-state index contributed by atoms with van der Waals surface area (Å²) >= 11 is 0. The minimum atomic E-state index is -0.538. The lowest BCUT2D eigenvalue weighted by atomic mass is 9.92. The summed E-state index contributed by atoms with van der Waals surface area (Å²) in [5.41, 5.74) is 0.792. The van der Waals surface area contributed by atoms with Crippen LogP contribution in [-0.2, 0) is 9.53 Å². The van der Waals surface area contributed by atoms with E-state index >= 15 is 0 Å². The third kappa shape index (κ3) is 4.29. The van der Waals surface area contributed by atoms with E-state index < -0.39 is 5.60 Å². The van der Waals surface area contributed by atoms with Crippen LogP contribution in [0, 0.1) is 5.92 Å². The number of ether oxygens (including phenoxy) is 1. The van der Waals surface area contributed by atoms with E-state index in [0.29, 0.717) is 37.3 Å². The fraction of sp³-hybridized carbons (Fsp3) is 0.556. The first kappa shape index (κ1) is 17.7. The molecule has 136 valence electrons. The first-order valence-corrected chi connectivity index (χ1v) is 8.68. The highest BCUT2D eigenvalue weighted by Crippen LogP contribution is 2.30. The molecule has 25 heavy (non-hydrogen) atoms. The molecule has 7 nitrogen and oxygen atoms in total. The molecule has 0 unspecified atom stereocenters. The van der Waals surface area contributed by atoms with E-state index in [1.165, 1.54) is 0 Å². The van der Waals surface area contributed by atoms with Gasteiger partial charge in [-0.2, -0.15) is 0 Å². The Kier molecular flexibility index (Phi) is 5.24. The van der Waals surface area contributed by atoms with Crippen LogP contribution in [0.5, 0.6) is 0 Å². The number of aliphatic hydroxyl groups is 1. The number of amides is 3. The lowest BCUT2D eigenvalue weighted by Gasteiger charge is -2.39. The molecule has 1 aliphatic carbocycles. The van der Waals surface area contributed by atoms with Crippen molar-refractivity contribution in [3.8, 4) is 0 Å². The van der Waals surface area contributed by atoms with E-state index in [1.54, 1.807) is 30.2 Å². The Morgan fingerprint density at radius 2 is 1.88 bits per heavy atom. The van der Waals surface area contributed by atoms with Crippen LogP contribution >= 0.6 is 0 Å². The highest BCUT2D eigenvalue weighted by atomic mass is 16.5. The molecular weight excluding hydrogens is 322 g/mol. The molecule has 1 aliphatic heterocycles. The number of hydrogen-bond acceptors (Lipinski definition) is 4. The second-order valence-electron chi connectivity index (χ2n) is 6.81. The fourth-order valence-corrected chi connectivity index (χ4v) is 3.01. The van der Waals surface area contributed by atoms with Crippen molar-refractivity contribution in [1.82, 2.24) is 4.90 Å². The molecule has 0 spiro atoms. The summed E-state index contributed by atoms with van der Waals surface area (Å²) in [6, 6.07) is 6.98. The summed E-state index contributed by atoms with van der Waals surface area (Å²) in [6.45, 7) is 1.01. The number of carbonyl (C=O) groups excluding carboxylic acids is 2. The van der Waals surface area contributed by atoms with Gasteiger partial charge < -0.3 is 25.4 Å². The number of rotatable bonds is 5. The predicted octanol–water partition coefficient (Wildman–Crippen LogP) is 2.04. The van der Waals surface area contributed by atoms with Crippen molar-refractivity contribution in [2.75, 3.05) is 37.4 Å². The van der Waals surface area contributed by atoms with Crippen LogP contribution in [0.3, 0.4) is 0 Å². The zero-order valence-electron chi connectivity index (χ0n) is 14.5. The Morgan fingerprint density at radius 1 is 1.24 bits per heavy atom. The van der Waals surface area contributed by atoms with Gasteiger partial charge >= 0.3 is 6.03 Å². The maximum atomic E-state index is 12.4. The normalized spacial score (nSPS) is 19.4. The zero-order chi connectivity index (χ0) is 17.9. The summed E-state index contributed by atoms with van der Waals surface area (Å²) in [7, 11) is 1.59. The van der Waals surface area contributed by atoms with Gasteiger partial charge in [-0.05, 0) is 43.9 Å². The molecule has 0 radical (unpaired) electrons. The molecule has 1 aromatic rings. The standard InChI is InChI=1S/C18H25N3O4/c1-25-18(12-22)7-9-21(10-8-18)17(24)20-15-4-2-3-14(11-15)19-16(23)13-5-6-13/h2-4,11,13,22H,5-10,12H2,1H3,(H,19,23)(H,20,24). The van der Waals surface area contributed by atoms with Crippen molar-refractivity contribution < 1.29 is 19.4 Å². The van der Waals surface area contributed by atoms with E-state index in [4.69, 9.17) is 4.74 Å². The van der Waals surface area contributed by atoms with Crippen molar-refractivity contribution in [3.05, 3.63) is 24.3 Å². The third-order valence-corrected chi connectivity index (χ3v) is 5.01. The maximum absolute atomic E-state index is 12.4. The highest BCUT2D eigenvalue weighted by molar-refractivity contribution is 5.95. The van der Waals surface area contributed by atoms with Gasteiger partial charge in [-0.3, -0.25) is 4.79 Å². The number of nitrogens with one attached hydrogen (secondary N) is 2. The minimum Gasteiger partial charge on any atom is -0.393 e. The predicted molar refractivity (Wildman–Crippen MR) is 94.4 cm³/mol. The first-order chi connectivity index (χ1) is 12.0. The minimum absolute atomic E-state index is 0.0400. The van der Waals surface area contributed by atoms with Crippen LogP contribution in [0.25, 0.3) is 0 Å². The SMILES string of the molecule is COC1(CO)CCN(C(=O)Nc2cccc(NC(=O)C3CC3)c2)CC1. The van der Waals surface area contributed by atoms with Gasteiger partial charge in [0.25, 0.3) is 0 Å². The van der Waals surface area contributed by atoms with Gasteiger partial charge in [0.05, 0.1) is 12.2 Å². The molecule has 1 saturated carbocycles. The monoisotopic (exact) mass is 347 g/mol. The molecule has 3 N–H and O–H groups in total. The first-order valence-electron chi connectivity index (χ1n) is 8.68. The molecule has 1 heterocycles. The molecule has 0 atom stereocenters. The zero-order valence-corrected chi connectivity index (χ0v) is 14.5. The van der Waals surface area contributed by atoms with E-state index in [-0.39, 0.29) is 24.5 Å². The maximum Gasteiger partial charge on any atom is 0.321 e. The molecule has 0 bridgehead atoms. The van der Waals surface area contributed by atoms with Crippen LogP contribution in [0.2, 0.25) is 0 Å². The summed E-state index contributed by atoms with van der Waals surface area (Å²) < 4.78 is 5.40. The van der Waals surface area contributed by atoms with Crippen LogP contribution in [-0.4, -0.2) is 54.4 Å². The number of aliphatic hydroxyl groups excluding tert-OH is 1. The molecule has 3 amide bonds. The van der Waals surface area contributed by atoms with Gasteiger partial charge in [-0.25, -0.2) is 4.79 Å². The number of carbonyl (C=O) groups is 2. The topological polar surface area (TPSA) is 90.9 Å². The van der Waals surface area contributed by atoms with Crippen molar-refractivity contribution in [1.29, 1.82) is 0 Å². The Balaban J connectivity index is 1.55. The number of methoxy groups -OCH3 is 1. The van der Waals surface area contributed by atoms with Gasteiger partial charge in [-0.15, -0.1) is 0 Å². The number of likely N-dealkylation sites (tertiary alicyclic amines) is 1. The molecule has 1 saturated heterocycles.